The molecule has 0 saturated heterocycles. The van der Waals surface area contributed by atoms with E-state index in [9.17, 15) is 4.79 Å². The molecule has 0 aliphatic carbocycles. The number of hydrogen-bond donors (Lipinski definition) is 1. The van der Waals surface area contributed by atoms with Crippen LogP contribution in [0.1, 0.15) is 18.4 Å². The Morgan fingerprint density at radius 1 is 1.19 bits per heavy atom. The van der Waals surface area contributed by atoms with Crippen molar-refractivity contribution in [3.8, 4) is 5.75 Å². The van der Waals surface area contributed by atoms with Gasteiger partial charge in [-0.3, -0.25) is 4.79 Å². The highest BCUT2D eigenvalue weighted by molar-refractivity contribution is 14.1. The first-order valence-electron chi connectivity index (χ1n) is 6.85. The SMILES string of the molecule is CC(CNC(=O)COc1cccc(I)c1)c1ccccc1. The molecule has 2 rings (SSSR count). The van der Waals surface area contributed by atoms with Crippen molar-refractivity contribution in [3.05, 3.63) is 63.7 Å². The quantitative estimate of drug-likeness (QED) is 0.760. The molecule has 0 fully saturated rings. The molecule has 0 radical (unpaired) electrons. The van der Waals surface area contributed by atoms with E-state index >= 15 is 0 Å². The molecule has 21 heavy (non-hydrogen) atoms. The van der Waals surface area contributed by atoms with Crippen molar-refractivity contribution in [1.82, 2.24) is 5.32 Å². The highest BCUT2D eigenvalue weighted by atomic mass is 127. The molecule has 0 saturated carbocycles. The number of benzene rings is 2. The van der Waals surface area contributed by atoms with Crippen molar-refractivity contribution in [2.75, 3.05) is 13.2 Å². The van der Waals surface area contributed by atoms with E-state index in [0.29, 0.717) is 12.3 Å². The van der Waals surface area contributed by atoms with Gasteiger partial charge in [0.05, 0.1) is 0 Å². The molecule has 0 aromatic heterocycles. The maximum absolute atomic E-state index is 11.8. The van der Waals surface area contributed by atoms with E-state index in [-0.39, 0.29) is 18.4 Å². The third kappa shape index (κ3) is 5.38. The Balaban J connectivity index is 1.75. The molecular formula is C17H18INO2. The number of rotatable bonds is 6. The Morgan fingerprint density at radius 3 is 2.67 bits per heavy atom. The van der Waals surface area contributed by atoms with Crippen molar-refractivity contribution in [2.24, 2.45) is 0 Å². The lowest BCUT2D eigenvalue weighted by molar-refractivity contribution is -0.123. The Hall–Kier alpha value is -1.56. The summed E-state index contributed by atoms with van der Waals surface area (Å²) in [4.78, 5) is 11.8. The topological polar surface area (TPSA) is 38.3 Å². The van der Waals surface area contributed by atoms with Gasteiger partial charge >= 0.3 is 0 Å². The minimum absolute atomic E-state index is 0.0433. The van der Waals surface area contributed by atoms with E-state index in [1.165, 1.54) is 5.56 Å². The van der Waals surface area contributed by atoms with E-state index in [2.05, 4.69) is 47.0 Å². The van der Waals surface area contributed by atoms with Crippen LogP contribution in [0.3, 0.4) is 0 Å². The lowest BCUT2D eigenvalue weighted by atomic mass is 10.0. The van der Waals surface area contributed by atoms with Gasteiger partial charge in [-0.2, -0.15) is 0 Å². The number of carbonyl (C=O) groups excluding carboxylic acids is 1. The molecule has 2 aromatic carbocycles. The van der Waals surface area contributed by atoms with Crippen LogP contribution in [0.25, 0.3) is 0 Å². The van der Waals surface area contributed by atoms with Crippen molar-refractivity contribution in [1.29, 1.82) is 0 Å². The second-order valence-corrected chi connectivity index (χ2v) is 6.11. The van der Waals surface area contributed by atoms with Crippen molar-refractivity contribution >= 4 is 28.5 Å². The van der Waals surface area contributed by atoms with Gasteiger partial charge in [-0.25, -0.2) is 0 Å². The number of hydrogen-bond acceptors (Lipinski definition) is 2. The van der Waals surface area contributed by atoms with E-state index < -0.39 is 0 Å². The fourth-order valence-corrected chi connectivity index (χ4v) is 2.44. The molecule has 0 aliphatic rings. The van der Waals surface area contributed by atoms with Crippen molar-refractivity contribution in [2.45, 2.75) is 12.8 Å². The van der Waals surface area contributed by atoms with Crippen LogP contribution < -0.4 is 10.1 Å². The van der Waals surface area contributed by atoms with Gasteiger partial charge in [0.1, 0.15) is 5.75 Å². The van der Waals surface area contributed by atoms with Crippen LogP contribution >= 0.6 is 22.6 Å². The average molecular weight is 395 g/mol. The van der Waals surface area contributed by atoms with E-state index in [1.807, 2.05) is 42.5 Å². The molecule has 0 aliphatic heterocycles. The number of halogens is 1. The third-order valence-corrected chi connectivity index (χ3v) is 3.81. The second kappa shape index (κ2) is 8.02. The molecule has 0 bridgehead atoms. The first kappa shape index (κ1) is 15.8. The molecule has 1 N–H and O–H groups in total. The normalized spacial score (nSPS) is 11.7. The van der Waals surface area contributed by atoms with E-state index in [4.69, 9.17) is 4.74 Å². The summed E-state index contributed by atoms with van der Waals surface area (Å²) in [6, 6.07) is 17.8. The standard InChI is InChI=1S/C17H18INO2/c1-13(14-6-3-2-4-7-14)11-19-17(20)12-21-16-9-5-8-15(18)10-16/h2-10,13H,11-12H2,1H3,(H,19,20). The Morgan fingerprint density at radius 2 is 1.95 bits per heavy atom. The Bertz CT molecular complexity index is 586. The summed E-state index contributed by atoms with van der Waals surface area (Å²) in [5.74, 6) is 0.901. The summed E-state index contributed by atoms with van der Waals surface area (Å²) in [6.45, 7) is 2.75. The summed E-state index contributed by atoms with van der Waals surface area (Å²) < 4.78 is 6.56. The van der Waals surface area contributed by atoms with Crippen molar-refractivity contribution in [3.63, 3.8) is 0 Å². The van der Waals surface area contributed by atoms with Gasteiger partial charge in [0, 0.05) is 10.1 Å². The number of carbonyl (C=O) groups is 1. The molecule has 2 aromatic rings. The summed E-state index contributed by atoms with van der Waals surface area (Å²) in [6.07, 6.45) is 0. The smallest absolute Gasteiger partial charge is 0.257 e. The Kier molecular flexibility index (Phi) is 6.04. The number of ether oxygens (including phenoxy) is 1. The molecular weight excluding hydrogens is 377 g/mol. The second-order valence-electron chi connectivity index (χ2n) is 4.86. The fraction of sp³-hybridized carbons (Fsp3) is 0.235. The van der Waals surface area contributed by atoms with Crippen LogP contribution in [-0.4, -0.2) is 19.1 Å². The zero-order valence-corrected chi connectivity index (χ0v) is 14.0. The summed E-state index contributed by atoms with van der Waals surface area (Å²) in [5.41, 5.74) is 1.22. The predicted octanol–water partition coefficient (Wildman–Crippen LogP) is 3.59. The monoisotopic (exact) mass is 395 g/mol. The van der Waals surface area contributed by atoms with E-state index in [1.54, 1.807) is 0 Å². The lowest BCUT2D eigenvalue weighted by Crippen LogP contribution is -2.31. The molecule has 0 spiro atoms. The van der Waals surface area contributed by atoms with Gasteiger partial charge in [0.2, 0.25) is 0 Å². The molecule has 1 atom stereocenters. The van der Waals surface area contributed by atoms with Crippen LogP contribution in [0.2, 0.25) is 0 Å². The predicted molar refractivity (Wildman–Crippen MR) is 92.5 cm³/mol. The van der Waals surface area contributed by atoms with Crippen molar-refractivity contribution < 1.29 is 9.53 Å². The summed E-state index contributed by atoms with van der Waals surface area (Å²) in [7, 11) is 0. The van der Waals surface area contributed by atoms with Crippen LogP contribution in [-0.2, 0) is 4.79 Å². The zero-order chi connectivity index (χ0) is 15.1. The first-order chi connectivity index (χ1) is 10.1. The van der Waals surface area contributed by atoms with Gasteiger partial charge in [-0.05, 0) is 52.3 Å². The third-order valence-electron chi connectivity index (χ3n) is 3.14. The average Bonchev–Trinajstić information content (AvgIpc) is 2.51. The minimum atomic E-state index is -0.100. The largest absolute Gasteiger partial charge is 0.484 e. The maximum atomic E-state index is 11.8. The zero-order valence-electron chi connectivity index (χ0n) is 11.9. The van der Waals surface area contributed by atoms with Gasteiger partial charge in [0.15, 0.2) is 6.61 Å². The molecule has 1 amide bonds. The van der Waals surface area contributed by atoms with Gasteiger partial charge in [0.25, 0.3) is 5.91 Å². The molecule has 1 unspecified atom stereocenters. The fourth-order valence-electron chi connectivity index (χ4n) is 1.92. The first-order valence-corrected chi connectivity index (χ1v) is 7.93. The van der Waals surface area contributed by atoms with E-state index in [0.717, 1.165) is 3.57 Å². The molecule has 3 nitrogen and oxygen atoms in total. The van der Waals surface area contributed by atoms with Gasteiger partial charge in [-0.1, -0.05) is 43.3 Å². The molecule has 110 valence electrons. The van der Waals surface area contributed by atoms with Crippen LogP contribution in [0.4, 0.5) is 0 Å². The molecule has 4 heteroatoms. The van der Waals surface area contributed by atoms with Crippen LogP contribution in [0, 0.1) is 3.57 Å². The molecule has 0 heterocycles. The number of nitrogens with one attached hydrogen (secondary N) is 1. The number of amides is 1. The van der Waals surface area contributed by atoms with Crippen LogP contribution in [0.5, 0.6) is 5.75 Å². The van der Waals surface area contributed by atoms with Gasteiger partial charge < -0.3 is 10.1 Å². The highest BCUT2D eigenvalue weighted by Gasteiger charge is 2.08. The lowest BCUT2D eigenvalue weighted by Gasteiger charge is -2.13. The summed E-state index contributed by atoms with van der Waals surface area (Å²) in [5, 5.41) is 2.90. The Labute approximate surface area is 138 Å². The minimum Gasteiger partial charge on any atom is -0.484 e. The van der Waals surface area contributed by atoms with Crippen LogP contribution in [0.15, 0.2) is 54.6 Å². The van der Waals surface area contributed by atoms with Gasteiger partial charge in [-0.15, -0.1) is 0 Å². The summed E-state index contributed by atoms with van der Waals surface area (Å²) >= 11 is 2.21. The maximum Gasteiger partial charge on any atom is 0.257 e. The highest BCUT2D eigenvalue weighted by Crippen LogP contribution is 2.15.